The first-order valence-electron chi connectivity index (χ1n) is 8.47. The van der Waals surface area contributed by atoms with Crippen LogP contribution in [0.2, 0.25) is 0 Å². The molecule has 0 bridgehead atoms. The molecule has 25 heavy (non-hydrogen) atoms. The number of hydrogen-bond donors (Lipinski definition) is 2. The molecule has 0 aliphatic carbocycles. The number of aliphatic hydroxyl groups is 1. The summed E-state index contributed by atoms with van der Waals surface area (Å²) >= 11 is 0. The van der Waals surface area contributed by atoms with Crippen molar-refractivity contribution in [3.05, 3.63) is 64.2 Å². The van der Waals surface area contributed by atoms with Crippen molar-refractivity contribution in [3.63, 3.8) is 0 Å². The predicted octanol–water partition coefficient (Wildman–Crippen LogP) is 3.75. The van der Waals surface area contributed by atoms with Gasteiger partial charge in [-0.2, -0.15) is 0 Å². The van der Waals surface area contributed by atoms with E-state index >= 15 is 0 Å². The summed E-state index contributed by atoms with van der Waals surface area (Å²) in [6, 6.07) is 11.2. The maximum absolute atomic E-state index is 12.6. The van der Waals surface area contributed by atoms with E-state index in [2.05, 4.69) is 18.6 Å². The summed E-state index contributed by atoms with van der Waals surface area (Å²) in [5.74, 6) is 0.414. The maximum atomic E-state index is 12.6. The number of sulfonamides is 1. The van der Waals surface area contributed by atoms with Crippen molar-refractivity contribution in [2.24, 2.45) is 0 Å². The van der Waals surface area contributed by atoms with E-state index in [0.717, 1.165) is 11.1 Å². The molecule has 0 saturated heterocycles. The average Bonchev–Trinajstić information content (AvgIpc) is 2.56. The third-order valence-electron chi connectivity index (χ3n) is 4.54. The van der Waals surface area contributed by atoms with E-state index in [4.69, 9.17) is 0 Å². The van der Waals surface area contributed by atoms with E-state index in [1.54, 1.807) is 13.0 Å². The molecule has 1 unspecified atom stereocenters. The van der Waals surface area contributed by atoms with E-state index in [1.807, 2.05) is 44.2 Å². The highest BCUT2D eigenvalue weighted by Gasteiger charge is 2.19. The standard InChI is InChI=1S/C20H27NO3S/c1-13(2)17-6-8-18(9-7-17)19(22)12-21-25(23,24)20-11-15(4)14(3)10-16(20)5/h6-11,13,19,21-22H,12H2,1-5H3. The highest BCUT2D eigenvalue weighted by atomic mass is 32.2. The molecular weight excluding hydrogens is 334 g/mol. The molecule has 2 N–H and O–H groups in total. The van der Waals surface area contributed by atoms with E-state index in [-0.39, 0.29) is 11.4 Å². The lowest BCUT2D eigenvalue weighted by atomic mass is 10.00. The van der Waals surface area contributed by atoms with Crippen molar-refractivity contribution in [2.45, 2.75) is 51.5 Å². The molecule has 5 heteroatoms. The van der Waals surface area contributed by atoms with Crippen molar-refractivity contribution in [1.29, 1.82) is 0 Å². The van der Waals surface area contributed by atoms with Crippen LogP contribution in [0.1, 0.15) is 53.7 Å². The molecule has 0 aliphatic heterocycles. The molecule has 0 aliphatic rings. The Kier molecular flexibility index (Phi) is 6.03. The van der Waals surface area contributed by atoms with Gasteiger partial charge in [0.15, 0.2) is 0 Å². The zero-order valence-corrected chi connectivity index (χ0v) is 16.3. The van der Waals surface area contributed by atoms with Crippen LogP contribution in [0.3, 0.4) is 0 Å². The molecule has 0 spiro atoms. The van der Waals surface area contributed by atoms with Gasteiger partial charge in [0, 0.05) is 6.54 Å². The van der Waals surface area contributed by atoms with Crippen LogP contribution in [0, 0.1) is 20.8 Å². The molecule has 0 radical (unpaired) electrons. The second kappa shape index (κ2) is 7.68. The number of aliphatic hydroxyl groups excluding tert-OH is 1. The quantitative estimate of drug-likeness (QED) is 0.823. The van der Waals surface area contributed by atoms with Gasteiger partial charge in [-0.1, -0.05) is 44.2 Å². The van der Waals surface area contributed by atoms with E-state index in [9.17, 15) is 13.5 Å². The highest BCUT2D eigenvalue weighted by Crippen LogP contribution is 2.21. The fourth-order valence-electron chi connectivity index (χ4n) is 2.71. The Morgan fingerprint density at radius 2 is 1.44 bits per heavy atom. The topological polar surface area (TPSA) is 66.4 Å². The summed E-state index contributed by atoms with van der Waals surface area (Å²) < 4.78 is 27.7. The second-order valence-electron chi connectivity index (χ2n) is 6.89. The second-order valence-corrected chi connectivity index (χ2v) is 8.63. The van der Waals surface area contributed by atoms with Gasteiger partial charge in [0.1, 0.15) is 0 Å². The summed E-state index contributed by atoms with van der Waals surface area (Å²) in [6.45, 7) is 9.77. The van der Waals surface area contributed by atoms with Gasteiger partial charge in [-0.25, -0.2) is 13.1 Å². The number of hydrogen-bond acceptors (Lipinski definition) is 3. The molecule has 2 rings (SSSR count). The number of rotatable bonds is 6. The van der Waals surface area contributed by atoms with Gasteiger partial charge < -0.3 is 5.11 Å². The average molecular weight is 362 g/mol. The Labute approximate surface area is 151 Å². The molecular formula is C20H27NO3S. The first kappa shape index (κ1) is 19.6. The van der Waals surface area contributed by atoms with Crippen molar-refractivity contribution in [2.75, 3.05) is 6.54 Å². The Hall–Kier alpha value is -1.69. The number of nitrogens with one attached hydrogen (secondary N) is 1. The molecule has 1 atom stereocenters. The fourth-order valence-corrected chi connectivity index (χ4v) is 4.06. The summed E-state index contributed by atoms with van der Waals surface area (Å²) in [5, 5.41) is 10.3. The van der Waals surface area contributed by atoms with Crippen molar-refractivity contribution >= 4 is 10.0 Å². The normalized spacial score (nSPS) is 13.2. The zero-order chi connectivity index (χ0) is 18.8. The summed E-state index contributed by atoms with van der Waals surface area (Å²) in [4.78, 5) is 0.262. The molecule has 0 fully saturated rings. The number of benzene rings is 2. The first-order chi connectivity index (χ1) is 11.6. The van der Waals surface area contributed by atoms with Crippen LogP contribution in [0.15, 0.2) is 41.3 Å². The van der Waals surface area contributed by atoms with Crippen LogP contribution < -0.4 is 4.72 Å². The largest absolute Gasteiger partial charge is 0.387 e. The molecule has 0 amide bonds. The number of aryl methyl sites for hydroxylation is 3. The van der Waals surface area contributed by atoms with Crippen molar-refractivity contribution in [1.82, 2.24) is 4.72 Å². The van der Waals surface area contributed by atoms with Gasteiger partial charge >= 0.3 is 0 Å². The summed E-state index contributed by atoms with van der Waals surface area (Å²) in [6.07, 6.45) is -0.886. The van der Waals surface area contributed by atoms with Crippen molar-refractivity contribution in [3.8, 4) is 0 Å². The lowest BCUT2D eigenvalue weighted by Crippen LogP contribution is -2.29. The minimum atomic E-state index is -3.66. The molecule has 0 aromatic heterocycles. The first-order valence-corrected chi connectivity index (χ1v) is 9.95. The summed E-state index contributed by atoms with van der Waals surface area (Å²) in [7, 11) is -3.66. The van der Waals surface area contributed by atoms with E-state index in [1.165, 1.54) is 5.56 Å². The SMILES string of the molecule is Cc1cc(C)c(S(=O)(=O)NCC(O)c2ccc(C(C)C)cc2)cc1C. The Morgan fingerprint density at radius 3 is 2.00 bits per heavy atom. The molecule has 4 nitrogen and oxygen atoms in total. The molecule has 2 aromatic carbocycles. The van der Waals surface area contributed by atoms with E-state index < -0.39 is 16.1 Å². The summed E-state index contributed by atoms with van der Waals surface area (Å²) in [5.41, 5.74) is 4.56. The monoisotopic (exact) mass is 361 g/mol. The van der Waals surface area contributed by atoms with Gasteiger partial charge in [-0.15, -0.1) is 0 Å². The van der Waals surface area contributed by atoms with Crippen LogP contribution in [-0.2, 0) is 10.0 Å². The fraction of sp³-hybridized carbons (Fsp3) is 0.400. The minimum absolute atomic E-state index is 0.0598. The van der Waals surface area contributed by atoms with Crippen LogP contribution in [0.4, 0.5) is 0 Å². The lowest BCUT2D eigenvalue weighted by Gasteiger charge is -2.15. The van der Waals surface area contributed by atoms with Gasteiger partial charge in [0.05, 0.1) is 11.0 Å². The van der Waals surface area contributed by atoms with Gasteiger partial charge in [-0.3, -0.25) is 0 Å². The smallest absolute Gasteiger partial charge is 0.240 e. The Morgan fingerprint density at radius 1 is 0.920 bits per heavy atom. The molecule has 136 valence electrons. The van der Waals surface area contributed by atoms with Gasteiger partial charge in [0.25, 0.3) is 0 Å². The van der Waals surface area contributed by atoms with Crippen LogP contribution in [-0.4, -0.2) is 20.1 Å². The minimum Gasteiger partial charge on any atom is -0.387 e. The molecule has 0 saturated carbocycles. The lowest BCUT2D eigenvalue weighted by molar-refractivity contribution is 0.182. The zero-order valence-electron chi connectivity index (χ0n) is 15.5. The van der Waals surface area contributed by atoms with Gasteiger partial charge in [-0.05, 0) is 60.6 Å². The van der Waals surface area contributed by atoms with Crippen molar-refractivity contribution < 1.29 is 13.5 Å². The van der Waals surface area contributed by atoms with E-state index in [0.29, 0.717) is 17.0 Å². The highest BCUT2D eigenvalue weighted by molar-refractivity contribution is 7.89. The van der Waals surface area contributed by atoms with Crippen LogP contribution in [0.5, 0.6) is 0 Å². The Balaban J connectivity index is 2.12. The predicted molar refractivity (Wildman–Crippen MR) is 101 cm³/mol. The third kappa shape index (κ3) is 4.69. The van der Waals surface area contributed by atoms with Crippen LogP contribution in [0.25, 0.3) is 0 Å². The molecule has 0 heterocycles. The Bertz CT molecular complexity index is 840. The van der Waals surface area contributed by atoms with Crippen LogP contribution >= 0.6 is 0 Å². The third-order valence-corrected chi connectivity index (χ3v) is 6.10. The maximum Gasteiger partial charge on any atom is 0.240 e. The molecule has 2 aromatic rings. The van der Waals surface area contributed by atoms with Gasteiger partial charge in [0.2, 0.25) is 10.0 Å².